The van der Waals surface area contributed by atoms with Crippen LogP contribution in [0.5, 0.6) is 0 Å². The van der Waals surface area contributed by atoms with Gasteiger partial charge in [-0.25, -0.2) is 0 Å². The van der Waals surface area contributed by atoms with Crippen molar-refractivity contribution in [3.8, 4) is 0 Å². The van der Waals surface area contributed by atoms with Crippen molar-refractivity contribution in [2.75, 3.05) is 13.1 Å². The van der Waals surface area contributed by atoms with Gasteiger partial charge in [-0.15, -0.1) is 0 Å². The Morgan fingerprint density at radius 3 is 2.89 bits per heavy atom. The van der Waals surface area contributed by atoms with Crippen LogP contribution in [-0.2, 0) is 0 Å². The summed E-state index contributed by atoms with van der Waals surface area (Å²) < 4.78 is 0. The van der Waals surface area contributed by atoms with E-state index in [0.29, 0.717) is 0 Å². The van der Waals surface area contributed by atoms with Crippen molar-refractivity contribution in [1.82, 2.24) is 5.32 Å². The Morgan fingerprint density at radius 1 is 1.56 bits per heavy atom. The summed E-state index contributed by atoms with van der Waals surface area (Å²) >= 11 is 5.76. The van der Waals surface area contributed by atoms with Crippen molar-refractivity contribution < 1.29 is 4.92 Å². The third-order valence-corrected chi connectivity index (χ3v) is 2.73. The van der Waals surface area contributed by atoms with Crippen LogP contribution in [0.1, 0.15) is 25.8 Å². The molecule has 0 saturated heterocycles. The molecule has 0 aliphatic heterocycles. The minimum Gasteiger partial charge on any atom is -0.313 e. The van der Waals surface area contributed by atoms with Crippen LogP contribution in [0.3, 0.4) is 0 Å². The maximum Gasteiger partial charge on any atom is 0.288 e. The van der Waals surface area contributed by atoms with Crippen molar-refractivity contribution in [3.63, 3.8) is 0 Å². The van der Waals surface area contributed by atoms with Gasteiger partial charge in [-0.3, -0.25) is 10.1 Å². The van der Waals surface area contributed by atoms with E-state index in [1.54, 1.807) is 12.1 Å². The third kappa shape index (κ3) is 4.47. The number of nitrogens with zero attached hydrogens (tertiary/aromatic N) is 1. The Bertz CT molecular complexity index is 458. The van der Waals surface area contributed by atoms with Gasteiger partial charge in [-0.2, -0.15) is 0 Å². The number of rotatable bonds is 6. The number of nitro groups is 1. The largest absolute Gasteiger partial charge is 0.313 e. The zero-order valence-electron chi connectivity index (χ0n) is 10.6. The lowest BCUT2D eigenvalue weighted by Gasteiger charge is -2.04. The van der Waals surface area contributed by atoms with Crippen LogP contribution in [0.2, 0.25) is 5.02 Å². The summed E-state index contributed by atoms with van der Waals surface area (Å²) in [6.45, 7) is 5.84. The summed E-state index contributed by atoms with van der Waals surface area (Å²) in [6, 6.07) is 4.82. The lowest BCUT2D eigenvalue weighted by molar-refractivity contribution is -0.384. The van der Waals surface area contributed by atoms with E-state index in [1.807, 2.05) is 13.0 Å². The quantitative estimate of drug-likeness (QED) is 0.487. The van der Waals surface area contributed by atoms with E-state index in [-0.39, 0.29) is 10.7 Å². The van der Waals surface area contributed by atoms with Crippen LogP contribution in [0.25, 0.3) is 6.08 Å². The van der Waals surface area contributed by atoms with Crippen molar-refractivity contribution in [3.05, 3.63) is 44.5 Å². The summed E-state index contributed by atoms with van der Waals surface area (Å²) in [6.07, 6.45) is 3.01. The average Bonchev–Trinajstić information content (AvgIpc) is 2.31. The molecule has 0 radical (unpaired) electrons. The van der Waals surface area contributed by atoms with Crippen molar-refractivity contribution in [2.24, 2.45) is 0 Å². The van der Waals surface area contributed by atoms with Gasteiger partial charge in [0.15, 0.2) is 0 Å². The minimum atomic E-state index is -0.468. The topological polar surface area (TPSA) is 55.2 Å². The molecule has 0 spiro atoms. The van der Waals surface area contributed by atoms with E-state index in [0.717, 1.165) is 30.6 Å². The zero-order valence-corrected chi connectivity index (χ0v) is 11.3. The monoisotopic (exact) mass is 268 g/mol. The molecule has 0 unspecified atom stereocenters. The predicted molar refractivity (Wildman–Crippen MR) is 74.9 cm³/mol. The maximum atomic E-state index is 10.8. The number of hydrogen-bond donors (Lipinski definition) is 1. The van der Waals surface area contributed by atoms with E-state index in [2.05, 4.69) is 12.2 Å². The lowest BCUT2D eigenvalue weighted by Crippen LogP contribution is -2.16. The molecule has 1 aromatic carbocycles. The second kappa shape index (κ2) is 7.13. The fourth-order valence-corrected chi connectivity index (χ4v) is 1.74. The summed E-state index contributed by atoms with van der Waals surface area (Å²) in [5, 5.41) is 14.2. The smallest absolute Gasteiger partial charge is 0.288 e. The summed E-state index contributed by atoms with van der Waals surface area (Å²) in [4.78, 5) is 10.3. The highest BCUT2D eigenvalue weighted by Gasteiger charge is 2.11. The SMILES string of the molecule is CCCNCC(C)=Cc1ccc(Cl)c([N+](=O)[O-])c1. The van der Waals surface area contributed by atoms with Gasteiger partial charge in [0.1, 0.15) is 5.02 Å². The lowest BCUT2D eigenvalue weighted by atomic mass is 10.1. The molecule has 18 heavy (non-hydrogen) atoms. The number of benzene rings is 1. The summed E-state index contributed by atoms with van der Waals surface area (Å²) in [5.74, 6) is 0. The number of nitro benzene ring substituents is 1. The Balaban J connectivity index is 2.81. The molecular formula is C13H17ClN2O2. The van der Waals surface area contributed by atoms with E-state index in [4.69, 9.17) is 11.6 Å². The van der Waals surface area contributed by atoms with Crippen LogP contribution < -0.4 is 5.32 Å². The number of hydrogen-bond acceptors (Lipinski definition) is 3. The molecule has 0 saturated carbocycles. The third-order valence-electron chi connectivity index (χ3n) is 2.41. The number of halogens is 1. The van der Waals surface area contributed by atoms with Gasteiger partial charge in [0.05, 0.1) is 4.92 Å². The highest BCUT2D eigenvalue weighted by molar-refractivity contribution is 6.32. The standard InChI is InChI=1S/C13H17ClN2O2/c1-3-6-15-9-10(2)7-11-4-5-12(14)13(8-11)16(17)18/h4-5,7-8,15H,3,6,9H2,1-2H3. The molecule has 98 valence electrons. The van der Waals surface area contributed by atoms with Crippen LogP contribution >= 0.6 is 11.6 Å². The molecule has 0 aliphatic rings. The highest BCUT2D eigenvalue weighted by Crippen LogP contribution is 2.25. The fourth-order valence-electron chi connectivity index (χ4n) is 1.56. The Labute approximate surface area is 112 Å². The predicted octanol–water partition coefficient (Wildman–Crippen LogP) is 3.65. The molecule has 5 heteroatoms. The normalized spacial score (nSPS) is 11.6. The van der Waals surface area contributed by atoms with E-state index < -0.39 is 4.92 Å². The van der Waals surface area contributed by atoms with Crippen LogP contribution in [0.15, 0.2) is 23.8 Å². The second-order valence-corrected chi connectivity index (χ2v) is 4.54. The van der Waals surface area contributed by atoms with Gasteiger partial charge >= 0.3 is 0 Å². The van der Waals surface area contributed by atoms with Gasteiger partial charge in [0, 0.05) is 12.6 Å². The number of nitrogens with one attached hydrogen (secondary N) is 1. The van der Waals surface area contributed by atoms with E-state index in [9.17, 15) is 10.1 Å². The molecule has 0 aliphatic carbocycles. The molecule has 0 heterocycles. The van der Waals surface area contributed by atoms with Gasteiger partial charge in [0.2, 0.25) is 0 Å². The molecular weight excluding hydrogens is 252 g/mol. The second-order valence-electron chi connectivity index (χ2n) is 4.14. The van der Waals surface area contributed by atoms with Crippen LogP contribution in [0.4, 0.5) is 5.69 Å². The van der Waals surface area contributed by atoms with Crippen molar-refractivity contribution >= 4 is 23.4 Å². The van der Waals surface area contributed by atoms with Gasteiger partial charge in [-0.05, 0) is 31.5 Å². The molecule has 4 nitrogen and oxygen atoms in total. The first-order chi connectivity index (χ1) is 8.54. The first-order valence-electron chi connectivity index (χ1n) is 5.86. The molecule has 0 amide bonds. The Morgan fingerprint density at radius 2 is 2.28 bits per heavy atom. The molecule has 0 fully saturated rings. The molecule has 1 aromatic rings. The van der Waals surface area contributed by atoms with Crippen LogP contribution in [-0.4, -0.2) is 18.0 Å². The Kier molecular flexibility index (Phi) is 5.82. The van der Waals surface area contributed by atoms with E-state index in [1.165, 1.54) is 6.07 Å². The first-order valence-corrected chi connectivity index (χ1v) is 6.24. The first kappa shape index (κ1) is 14.7. The van der Waals surface area contributed by atoms with Crippen LogP contribution in [0, 0.1) is 10.1 Å². The highest BCUT2D eigenvalue weighted by atomic mass is 35.5. The summed E-state index contributed by atoms with van der Waals surface area (Å²) in [7, 11) is 0. The van der Waals surface area contributed by atoms with Gasteiger partial charge in [-0.1, -0.05) is 36.2 Å². The van der Waals surface area contributed by atoms with E-state index >= 15 is 0 Å². The molecule has 1 rings (SSSR count). The molecule has 0 atom stereocenters. The molecule has 0 aromatic heterocycles. The molecule has 1 N–H and O–H groups in total. The fraction of sp³-hybridized carbons (Fsp3) is 0.385. The summed E-state index contributed by atoms with van der Waals surface area (Å²) in [5.41, 5.74) is 1.86. The average molecular weight is 269 g/mol. The van der Waals surface area contributed by atoms with Crippen molar-refractivity contribution in [2.45, 2.75) is 20.3 Å². The zero-order chi connectivity index (χ0) is 13.5. The van der Waals surface area contributed by atoms with Crippen molar-refractivity contribution in [1.29, 1.82) is 0 Å². The Hall–Kier alpha value is -1.39. The van der Waals surface area contributed by atoms with Gasteiger partial charge in [0.25, 0.3) is 5.69 Å². The van der Waals surface area contributed by atoms with Gasteiger partial charge < -0.3 is 5.32 Å². The maximum absolute atomic E-state index is 10.8. The minimum absolute atomic E-state index is 0.0558. The molecule has 0 bridgehead atoms.